The second-order valence-corrected chi connectivity index (χ2v) is 5.79. The normalized spacial score (nSPS) is 14.7. The van der Waals surface area contributed by atoms with Crippen LogP contribution in [0.4, 0.5) is 0 Å². The second kappa shape index (κ2) is 6.34. The van der Waals surface area contributed by atoms with E-state index in [1.165, 1.54) is 0 Å². The van der Waals surface area contributed by atoms with E-state index in [1.807, 2.05) is 37.3 Å². The van der Waals surface area contributed by atoms with Crippen molar-refractivity contribution in [3.63, 3.8) is 0 Å². The third kappa shape index (κ3) is 4.63. The summed E-state index contributed by atoms with van der Waals surface area (Å²) in [7, 11) is 0. The Bertz CT molecular complexity index is 368. The van der Waals surface area contributed by atoms with Crippen LogP contribution in [-0.2, 0) is 4.74 Å². The quantitative estimate of drug-likeness (QED) is 0.618. The van der Waals surface area contributed by atoms with E-state index in [4.69, 9.17) is 4.74 Å². The van der Waals surface area contributed by atoms with Crippen LogP contribution in [-0.4, -0.2) is 33.5 Å². The van der Waals surface area contributed by atoms with E-state index in [0.29, 0.717) is 6.61 Å². The minimum atomic E-state index is -0.121. The first-order valence-corrected chi connectivity index (χ1v) is 6.72. The van der Waals surface area contributed by atoms with Gasteiger partial charge < -0.3 is 0 Å². The number of hydrogen-bond donors (Lipinski definition) is 0. The average Bonchev–Trinajstić information content (AvgIpc) is 2.28. The van der Waals surface area contributed by atoms with Gasteiger partial charge in [-0.1, -0.05) is 0 Å². The first kappa shape index (κ1) is 14.4. The predicted octanol–water partition coefficient (Wildman–Crippen LogP) is 3.01. The topological polar surface area (TPSA) is 21.6 Å². The Balaban J connectivity index is 2.91. The van der Waals surface area contributed by atoms with Crippen molar-refractivity contribution < 1.29 is 4.74 Å². The predicted molar refractivity (Wildman–Crippen MR) is 73.6 cm³/mol. The van der Waals surface area contributed by atoms with Crippen LogP contribution in [0.25, 0.3) is 0 Å². The maximum absolute atomic E-state index is 5.69. The number of hydrogen-bond acceptors (Lipinski definition) is 2. The number of nitrogens with zero attached hydrogens (tertiary/aromatic N) is 1. The molecule has 0 aliphatic rings. The molecule has 1 aromatic rings. The van der Waals surface area contributed by atoms with E-state index in [1.54, 1.807) is 0 Å². The van der Waals surface area contributed by atoms with Gasteiger partial charge in [0.25, 0.3) is 0 Å². The van der Waals surface area contributed by atoms with Crippen LogP contribution in [0.15, 0.2) is 35.3 Å². The monoisotopic (exact) mass is 298 g/mol. The van der Waals surface area contributed by atoms with Crippen LogP contribution < -0.4 is 0 Å². The van der Waals surface area contributed by atoms with Gasteiger partial charge in [0, 0.05) is 0 Å². The molecular formula is C14H20NOSe. The standard InChI is InChI=1S/C14H20NOSe/c1-5-16-13(14(2,3)4)15-12(17)11-9-7-6-8-10-11/h6-10,13H,5H2,1-4H3/b15-12-. The van der Waals surface area contributed by atoms with Gasteiger partial charge in [0.1, 0.15) is 0 Å². The fraction of sp³-hybridized carbons (Fsp3) is 0.500. The minimum absolute atomic E-state index is 0.000109. The molecular weight excluding hydrogens is 277 g/mol. The Morgan fingerprint density at radius 2 is 1.88 bits per heavy atom. The van der Waals surface area contributed by atoms with Crippen molar-refractivity contribution in [3.05, 3.63) is 35.9 Å². The molecule has 0 aliphatic heterocycles. The number of aliphatic imine (C=N–C) groups is 1. The Morgan fingerprint density at radius 3 is 2.35 bits per heavy atom. The maximum atomic E-state index is 5.69. The zero-order valence-corrected chi connectivity index (χ0v) is 12.6. The van der Waals surface area contributed by atoms with Crippen LogP contribution in [0.2, 0.25) is 0 Å². The van der Waals surface area contributed by atoms with Crippen molar-refractivity contribution in [2.45, 2.75) is 33.9 Å². The van der Waals surface area contributed by atoms with Crippen LogP contribution in [0.3, 0.4) is 0 Å². The van der Waals surface area contributed by atoms with Crippen molar-refractivity contribution in [3.8, 4) is 0 Å². The van der Waals surface area contributed by atoms with E-state index < -0.39 is 0 Å². The van der Waals surface area contributed by atoms with E-state index in [9.17, 15) is 0 Å². The molecule has 0 heterocycles. The molecule has 0 amide bonds. The molecule has 0 saturated carbocycles. The molecule has 1 rings (SSSR count). The van der Waals surface area contributed by atoms with Crippen LogP contribution in [0, 0.1) is 5.41 Å². The van der Waals surface area contributed by atoms with Crippen LogP contribution in [0.5, 0.6) is 0 Å². The van der Waals surface area contributed by atoms with Crippen LogP contribution >= 0.6 is 0 Å². The molecule has 0 fully saturated rings. The third-order valence-corrected chi connectivity index (χ3v) is 3.04. The Labute approximate surface area is 112 Å². The van der Waals surface area contributed by atoms with Gasteiger partial charge in [-0.05, 0) is 0 Å². The average molecular weight is 297 g/mol. The molecule has 0 saturated heterocycles. The molecule has 3 heteroatoms. The number of rotatable bonds is 4. The molecule has 17 heavy (non-hydrogen) atoms. The Kier molecular flexibility index (Phi) is 5.38. The summed E-state index contributed by atoms with van der Waals surface area (Å²) in [6, 6.07) is 10.1. The second-order valence-electron chi connectivity index (χ2n) is 4.97. The first-order chi connectivity index (χ1) is 7.95. The first-order valence-electron chi connectivity index (χ1n) is 5.87. The fourth-order valence-electron chi connectivity index (χ4n) is 1.40. The molecule has 0 N–H and O–H groups in total. The molecule has 1 radical (unpaired) electrons. The molecule has 1 atom stereocenters. The number of benzene rings is 1. The summed E-state index contributed by atoms with van der Waals surface area (Å²) in [5.74, 6) is 0. The van der Waals surface area contributed by atoms with Gasteiger partial charge in [-0.15, -0.1) is 0 Å². The van der Waals surface area contributed by atoms with Gasteiger partial charge in [-0.2, -0.15) is 0 Å². The van der Waals surface area contributed by atoms with Gasteiger partial charge in [0.2, 0.25) is 0 Å². The third-order valence-electron chi connectivity index (χ3n) is 2.32. The summed E-state index contributed by atoms with van der Waals surface area (Å²) < 4.78 is 6.59. The van der Waals surface area contributed by atoms with Gasteiger partial charge >= 0.3 is 112 Å². The Morgan fingerprint density at radius 1 is 1.29 bits per heavy atom. The van der Waals surface area contributed by atoms with E-state index in [2.05, 4.69) is 41.8 Å². The zero-order chi connectivity index (χ0) is 12.9. The van der Waals surface area contributed by atoms with E-state index in [0.717, 1.165) is 10.2 Å². The molecule has 1 aromatic carbocycles. The summed E-state index contributed by atoms with van der Waals surface area (Å²) in [5.41, 5.74) is 1.10. The summed E-state index contributed by atoms with van der Waals surface area (Å²) in [4.78, 5) is 4.65. The molecule has 2 nitrogen and oxygen atoms in total. The van der Waals surface area contributed by atoms with Crippen molar-refractivity contribution in [2.75, 3.05) is 6.61 Å². The van der Waals surface area contributed by atoms with Gasteiger partial charge in [0.15, 0.2) is 0 Å². The SMILES string of the molecule is CCOC(/N=C(\[Se])c1ccccc1)C(C)(C)C. The van der Waals surface area contributed by atoms with Gasteiger partial charge in [0.05, 0.1) is 0 Å². The number of ether oxygens (including phenoxy) is 1. The van der Waals surface area contributed by atoms with Gasteiger partial charge in [-0.25, -0.2) is 0 Å². The summed E-state index contributed by atoms with van der Waals surface area (Å²) in [5, 5.41) is 0. The molecule has 0 bridgehead atoms. The van der Waals surface area contributed by atoms with Crippen molar-refractivity contribution in [1.29, 1.82) is 0 Å². The molecule has 0 spiro atoms. The van der Waals surface area contributed by atoms with E-state index >= 15 is 0 Å². The van der Waals surface area contributed by atoms with Gasteiger partial charge in [-0.3, -0.25) is 0 Å². The summed E-state index contributed by atoms with van der Waals surface area (Å²) in [6.45, 7) is 9.07. The van der Waals surface area contributed by atoms with Crippen molar-refractivity contribution in [1.82, 2.24) is 0 Å². The molecule has 0 aliphatic carbocycles. The summed E-state index contributed by atoms with van der Waals surface area (Å²) >= 11 is 3.02. The summed E-state index contributed by atoms with van der Waals surface area (Å²) in [6.07, 6.45) is -0.121. The van der Waals surface area contributed by atoms with Crippen molar-refractivity contribution in [2.24, 2.45) is 10.4 Å². The fourth-order valence-corrected chi connectivity index (χ4v) is 1.89. The Hall–Kier alpha value is -0.631. The molecule has 93 valence electrons. The zero-order valence-electron chi connectivity index (χ0n) is 10.9. The van der Waals surface area contributed by atoms with E-state index in [-0.39, 0.29) is 11.6 Å². The molecule has 0 aromatic heterocycles. The van der Waals surface area contributed by atoms with Crippen molar-refractivity contribution >= 4 is 20.6 Å². The van der Waals surface area contributed by atoms with Crippen LogP contribution in [0.1, 0.15) is 33.3 Å². The molecule has 1 unspecified atom stereocenters.